The molecule has 0 amide bonds. The van der Waals surface area contributed by atoms with Gasteiger partial charge in [0.25, 0.3) is 0 Å². The third-order valence-electron chi connectivity index (χ3n) is 4.11. The number of aliphatic hydroxyl groups excluding tert-OH is 1. The Balaban J connectivity index is 1.79. The monoisotopic (exact) mass is 278 g/mol. The van der Waals surface area contributed by atoms with Crippen LogP contribution in [0.4, 0.5) is 0 Å². The van der Waals surface area contributed by atoms with Crippen molar-refractivity contribution in [1.82, 2.24) is 19.7 Å². The zero-order valence-electron chi connectivity index (χ0n) is 12.4. The fourth-order valence-electron chi connectivity index (χ4n) is 2.90. The maximum Gasteiger partial charge on any atom is 0.135 e. The molecular weight excluding hydrogens is 252 g/mol. The van der Waals surface area contributed by atoms with Crippen molar-refractivity contribution in [3.63, 3.8) is 0 Å². The smallest absolute Gasteiger partial charge is 0.135 e. The van der Waals surface area contributed by atoms with Crippen molar-refractivity contribution in [1.29, 1.82) is 0 Å². The Hall–Kier alpha value is -1.20. The molecule has 2 heterocycles. The molecule has 2 rings (SSSR count). The summed E-state index contributed by atoms with van der Waals surface area (Å²) in [5.41, 5.74) is 0. The number of allylic oxidation sites excluding steroid dienone is 1. The van der Waals surface area contributed by atoms with Crippen LogP contribution in [0.25, 0.3) is 0 Å². The van der Waals surface area contributed by atoms with Crippen LogP contribution in [0.2, 0.25) is 0 Å². The summed E-state index contributed by atoms with van der Waals surface area (Å²) in [5.74, 6) is 1.64. The van der Waals surface area contributed by atoms with Crippen molar-refractivity contribution in [2.75, 3.05) is 19.6 Å². The Morgan fingerprint density at radius 2 is 2.25 bits per heavy atom. The number of likely N-dealkylation sites (tertiary alicyclic amines) is 1. The number of aliphatic hydroxyl groups is 1. The highest BCUT2D eigenvalue weighted by atomic mass is 16.3. The Morgan fingerprint density at radius 3 is 2.90 bits per heavy atom. The number of aromatic nitrogens is 3. The van der Waals surface area contributed by atoms with E-state index in [1.54, 1.807) is 0 Å². The van der Waals surface area contributed by atoms with E-state index in [1.165, 1.54) is 0 Å². The number of rotatable bonds is 7. The first-order valence-corrected chi connectivity index (χ1v) is 7.63. The summed E-state index contributed by atoms with van der Waals surface area (Å²) < 4.78 is 2.14. The van der Waals surface area contributed by atoms with E-state index in [4.69, 9.17) is 0 Å². The van der Waals surface area contributed by atoms with Gasteiger partial charge in [-0.25, -0.2) is 0 Å². The predicted octanol–water partition coefficient (Wildman–Crippen LogP) is 1.80. The maximum atomic E-state index is 9.95. The van der Waals surface area contributed by atoms with Gasteiger partial charge in [0.05, 0.1) is 6.10 Å². The van der Waals surface area contributed by atoms with Crippen LogP contribution in [0, 0.1) is 0 Å². The lowest BCUT2D eigenvalue weighted by Gasteiger charge is -2.32. The standard InChI is InChI=1S/C15H26N4O/c1-3-5-6-14(20)11-18-9-7-13(8-10-18)15-17-16-12-19(15)4-2/h3,12-14,20H,1,4-11H2,2H3. The third kappa shape index (κ3) is 3.90. The highest BCUT2D eigenvalue weighted by molar-refractivity contribution is 4.99. The largest absolute Gasteiger partial charge is 0.392 e. The molecule has 5 nitrogen and oxygen atoms in total. The highest BCUT2D eigenvalue weighted by Crippen LogP contribution is 2.26. The molecule has 1 fully saturated rings. The molecule has 1 N–H and O–H groups in total. The molecular formula is C15H26N4O. The fraction of sp³-hybridized carbons (Fsp3) is 0.733. The van der Waals surface area contributed by atoms with E-state index >= 15 is 0 Å². The molecule has 1 aromatic rings. The summed E-state index contributed by atoms with van der Waals surface area (Å²) in [6.45, 7) is 9.60. The van der Waals surface area contributed by atoms with Gasteiger partial charge in [0, 0.05) is 19.0 Å². The van der Waals surface area contributed by atoms with E-state index in [1.807, 2.05) is 12.4 Å². The number of hydrogen-bond acceptors (Lipinski definition) is 4. The number of β-amino-alcohol motifs (C(OH)–C–C–N with tert-alkyl or cyclic N) is 1. The molecule has 0 spiro atoms. The Labute approximate surface area is 121 Å². The Bertz CT molecular complexity index is 410. The second kappa shape index (κ2) is 7.55. The van der Waals surface area contributed by atoms with E-state index in [2.05, 4.69) is 33.2 Å². The molecule has 112 valence electrons. The Kier molecular flexibility index (Phi) is 5.73. The number of hydrogen-bond donors (Lipinski definition) is 1. The first kappa shape index (κ1) is 15.2. The van der Waals surface area contributed by atoms with Crippen molar-refractivity contribution >= 4 is 0 Å². The van der Waals surface area contributed by atoms with Crippen LogP contribution >= 0.6 is 0 Å². The maximum absolute atomic E-state index is 9.95. The first-order chi connectivity index (χ1) is 9.74. The first-order valence-electron chi connectivity index (χ1n) is 7.63. The van der Waals surface area contributed by atoms with Crippen LogP contribution in [-0.4, -0.2) is 50.5 Å². The van der Waals surface area contributed by atoms with Gasteiger partial charge in [0.1, 0.15) is 12.2 Å². The van der Waals surface area contributed by atoms with Crippen LogP contribution in [0.15, 0.2) is 19.0 Å². The highest BCUT2D eigenvalue weighted by Gasteiger charge is 2.25. The summed E-state index contributed by atoms with van der Waals surface area (Å²) in [6.07, 6.45) is 7.36. The van der Waals surface area contributed by atoms with E-state index in [0.717, 1.165) is 57.7 Å². The fourth-order valence-corrected chi connectivity index (χ4v) is 2.90. The van der Waals surface area contributed by atoms with E-state index in [9.17, 15) is 5.11 Å². The quantitative estimate of drug-likeness (QED) is 0.773. The van der Waals surface area contributed by atoms with Crippen molar-refractivity contribution in [2.24, 2.45) is 0 Å². The normalized spacial score (nSPS) is 19.1. The summed E-state index contributed by atoms with van der Waals surface area (Å²) in [5, 5.41) is 18.2. The van der Waals surface area contributed by atoms with Gasteiger partial charge < -0.3 is 14.6 Å². The summed E-state index contributed by atoms with van der Waals surface area (Å²) in [6, 6.07) is 0. The van der Waals surface area contributed by atoms with Gasteiger partial charge in [-0.15, -0.1) is 16.8 Å². The summed E-state index contributed by atoms with van der Waals surface area (Å²) >= 11 is 0. The minimum absolute atomic E-state index is 0.233. The van der Waals surface area contributed by atoms with Crippen molar-refractivity contribution in [3.8, 4) is 0 Å². The molecule has 0 radical (unpaired) electrons. The van der Waals surface area contributed by atoms with Crippen LogP contribution in [0.5, 0.6) is 0 Å². The van der Waals surface area contributed by atoms with Gasteiger partial charge in [-0.05, 0) is 45.7 Å². The minimum Gasteiger partial charge on any atom is -0.392 e. The zero-order chi connectivity index (χ0) is 14.4. The van der Waals surface area contributed by atoms with Gasteiger partial charge in [-0.2, -0.15) is 0 Å². The van der Waals surface area contributed by atoms with Crippen LogP contribution < -0.4 is 0 Å². The molecule has 0 aliphatic carbocycles. The van der Waals surface area contributed by atoms with Gasteiger partial charge in [-0.3, -0.25) is 0 Å². The second-order valence-corrected chi connectivity index (χ2v) is 5.57. The van der Waals surface area contributed by atoms with Crippen LogP contribution in [-0.2, 0) is 6.54 Å². The molecule has 1 atom stereocenters. The average molecular weight is 278 g/mol. The summed E-state index contributed by atoms with van der Waals surface area (Å²) in [7, 11) is 0. The van der Waals surface area contributed by atoms with E-state index < -0.39 is 0 Å². The Morgan fingerprint density at radius 1 is 1.50 bits per heavy atom. The lowest BCUT2D eigenvalue weighted by Crippen LogP contribution is -2.38. The van der Waals surface area contributed by atoms with Gasteiger partial charge in [0.2, 0.25) is 0 Å². The van der Waals surface area contributed by atoms with E-state index in [0.29, 0.717) is 5.92 Å². The topological polar surface area (TPSA) is 54.2 Å². The van der Waals surface area contributed by atoms with Crippen LogP contribution in [0.3, 0.4) is 0 Å². The molecule has 5 heteroatoms. The van der Waals surface area contributed by atoms with Crippen molar-refractivity contribution < 1.29 is 5.11 Å². The molecule has 0 bridgehead atoms. The minimum atomic E-state index is -0.233. The number of nitrogens with zero attached hydrogens (tertiary/aromatic N) is 4. The molecule has 20 heavy (non-hydrogen) atoms. The molecule has 1 unspecified atom stereocenters. The zero-order valence-corrected chi connectivity index (χ0v) is 12.4. The van der Waals surface area contributed by atoms with Crippen molar-refractivity contribution in [2.45, 2.75) is 51.2 Å². The van der Waals surface area contributed by atoms with Gasteiger partial charge >= 0.3 is 0 Å². The lowest BCUT2D eigenvalue weighted by molar-refractivity contribution is 0.0908. The molecule has 1 aliphatic rings. The molecule has 1 aromatic heterocycles. The average Bonchev–Trinajstić information content (AvgIpc) is 2.94. The number of aryl methyl sites for hydroxylation is 1. The summed E-state index contributed by atoms with van der Waals surface area (Å²) in [4.78, 5) is 2.36. The number of piperidine rings is 1. The van der Waals surface area contributed by atoms with Crippen LogP contribution in [0.1, 0.15) is 44.3 Å². The molecule has 0 saturated carbocycles. The van der Waals surface area contributed by atoms with E-state index in [-0.39, 0.29) is 6.10 Å². The van der Waals surface area contributed by atoms with Gasteiger partial charge in [0.15, 0.2) is 0 Å². The van der Waals surface area contributed by atoms with Crippen molar-refractivity contribution in [3.05, 3.63) is 24.8 Å². The predicted molar refractivity (Wildman–Crippen MR) is 79.5 cm³/mol. The molecule has 1 saturated heterocycles. The molecule has 1 aliphatic heterocycles. The second-order valence-electron chi connectivity index (χ2n) is 5.57. The SMILES string of the molecule is C=CCCC(O)CN1CCC(c2nncn2CC)CC1. The lowest BCUT2D eigenvalue weighted by atomic mass is 9.95. The third-order valence-corrected chi connectivity index (χ3v) is 4.11. The van der Waals surface area contributed by atoms with Gasteiger partial charge in [-0.1, -0.05) is 6.08 Å². The molecule has 0 aromatic carbocycles.